The third kappa shape index (κ3) is 4.10. The Balaban J connectivity index is 1.64. The average molecular weight is 455 g/mol. The van der Waals surface area contributed by atoms with Crippen LogP contribution < -0.4 is 10.3 Å². The summed E-state index contributed by atoms with van der Waals surface area (Å²) in [7, 11) is 1.63. The van der Waals surface area contributed by atoms with Crippen LogP contribution in [0.25, 0.3) is 26.6 Å². The molecule has 0 aliphatic heterocycles. The number of ether oxygens (including phenoxy) is 1. The van der Waals surface area contributed by atoms with Crippen molar-refractivity contribution >= 4 is 27.3 Å². The molecular weight excluding hydrogens is 432 g/mol. The van der Waals surface area contributed by atoms with Crippen LogP contribution in [0.4, 0.5) is 0 Å². The van der Waals surface area contributed by atoms with Crippen molar-refractivity contribution in [3.05, 3.63) is 100 Å². The van der Waals surface area contributed by atoms with Gasteiger partial charge in [0.15, 0.2) is 0 Å². The maximum Gasteiger partial charge on any atom is 0.283 e. The maximum absolute atomic E-state index is 13.6. The van der Waals surface area contributed by atoms with E-state index in [0.717, 1.165) is 27.1 Å². The molecule has 0 bridgehead atoms. The van der Waals surface area contributed by atoms with Crippen molar-refractivity contribution in [2.45, 2.75) is 13.5 Å². The Labute approximate surface area is 194 Å². The van der Waals surface area contributed by atoms with E-state index >= 15 is 0 Å². The number of H-pyrrole nitrogens is 1. The van der Waals surface area contributed by atoms with Crippen molar-refractivity contribution in [1.82, 2.24) is 14.8 Å². The number of hydrogen-bond donors (Lipinski definition) is 1. The molecule has 0 amide bonds. The third-order valence-electron chi connectivity index (χ3n) is 5.45. The van der Waals surface area contributed by atoms with Crippen molar-refractivity contribution in [3.8, 4) is 22.1 Å². The zero-order chi connectivity index (χ0) is 22.8. The molecule has 0 fully saturated rings. The number of para-hydroxylation sites is 1. The van der Waals surface area contributed by atoms with Crippen LogP contribution in [0.3, 0.4) is 0 Å². The molecular formula is C26H22N4O2S. The predicted molar refractivity (Wildman–Crippen MR) is 134 cm³/mol. The van der Waals surface area contributed by atoms with Gasteiger partial charge in [-0.1, -0.05) is 53.8 Å². The Morgan fingerprint density at radius 2 is 1.76 bits per heavy atom. The number of nitrogens with zero attached hydrogens (tertiary/aromatic N) is 3. The summed E-state index contributed by atoms with van der Waals surface area (Å²) >= 11 is 1.47. The van der Waals surface area contributed by atoms with Crippen LogP contribution >= 0.6 is 11.3 Å². The largest absolute Gasteiger partial charge is 0.497 e. The van der Waals surface area contributed by atoms with Crippen molar-refractivity contribution in [2.75, 3.05) is 7.11 Å². The van der Waals surface area contributed by atoms with Gasteiger partial charge in [0.2, 0.25) is 5.13 Å². The highest BCUT2D eigenvalue weighted by molar-refractivity contribution is 7.20. The quantitative estimate of drug-likeness (QED) is 0.346. The fourth-order valence-electron chi connectivity index (χ4n) is 3.70. The highest BCUT2D eigenvalue weighted by Crippen LogP contribution is 2.27. The molecule has 0 aliphatic rings. The monoisotopic (exact) mass is 454 g/mol. The molecule has 2 aromatic heterocycles. The van der Waals surface area contributed by atoms with Gasteiger partial charge in [-0.25, -0.2) is 4.98 Å². The van der Waals surface area contributed by atoms with Crippen LogP contribution in [0.2, 0.25) is 0 Å². The molecule has 0 saturated carbocycles. The van der Waals surface area contributed by atoms with Gasteiger partial charge in [0.25, 0.3) is 5.56 Å². The summed E-state index contributed by atoms with van der Waals surface area (Å²) in [5, 5.41) is 3.89. The van der Waals surface area contributed by atoms with E-state index in [1.807, 2.05) is 85.8 Å². The molecule has 6 nitrogen and oxygen atoms in total. The van der Waals surface area contributed by atoms with Crippen LogP contribution in [0.5, 0.6) is 5.75 Å². The summed E-state index contributed by atoms with van der Waals surface area (Å²) in [5.74, 6) is 0.753. The Hall–Kier alpha value is -3.97. The van der Waals surface area contributed by atoms with Gasteiger partial charge in [-0.3, -0.25) is 14.9 Å². The highest BCUT2D eigenvalue weighted by atomic mass is 32.1. The zero-order valence-corrected chi connectivity index (χ0v) is 19.1. The number of fused-ring (bicyclic) bond motifs is 1. The third-order valence-corrected chi connectivity index (χ3v) is 6.47. The summed E-state index contributed by atoms with van der Waals surface area (Å²) in [5.41, 5.74) is 4.56. The number of hydrogen-bond acceptors (Lipinski definition) is 5. The van der Waals surface area contributed by atoms with Gasteiger partial charge in [0.1, 0.15) is 5.75 Å². The summed E-state index contributed by atoms with van der Waals surface area (Å²) in [4.78, 5) is 23.0. The molecule has 33 heavy (non-hydrogen) atoms. The molecule has 0 radical (unpaired) electrons. The van der Waals surface area contributed by atoms with Gasteiger partial charge in [-0.2, -0.15) is 4.68 Å². The van der Waals surface area contributed by atoms with Crippen molar-refractivity contribution in [2.24, 2.45) is 4.99 Å². The molecule has 0 aliphatic carbocycles. The first-order valence-electron chi connectivity index (χ1n) is 10.5. The van der Waals surface area contributed by atoms with E-state index in [1.54, 1.807) is 7.11 Å². The molecule has 7 heteroatoms. The van der Waals surface area contributed by atoms with Crippen LogP contribution in [0.15, 0.2) is 88.6 Å². The first-order chi connectivity index (χ1) is 16.1. The number of benzene rings is 3. The lowest BCUT2D eigenvalue weighted by Gasteiger charge is -2.05. The fraction of sp³-hybridized carbons (Fsp3) is 0.115. The van der Waals surface area contributed by atoms with Crippen molar-refractivity contribution in [1.29, 1.82) is 0 Å². The van der Waals surface area contributed by atoms with E-state index in [-0.39, 0.29) is 5.56 Å². The smallest absolute Gasteiger partial charge is 0.283 e. The van der Waals surface area contributed by atoms with Gasteiger partial charge >= 0.3 is 0 Å². The predicted octanol–water partition coefficient (Wildman–Crippen LogP) is 5.46. The zero-order valence-electron chi connectivity index (χ0n) is 18.3. The SMILES string of the molecule is COc1ccc(-c2[nH]n(-c3nc4ccccc4s3)c(=O)c2C(C)=NCc2ccccc2)cc1. The van der Waals surface area contributed by atoms with Gasteiger partial charge in [0, 0.05) is 11.3 Å². The minimum Gasteiger partial charge on any atom is -0.497 e. The number of thiazole rings is 1. The van der Waals surface area contributed by atoms with Crippen LogP contribution in [-0.4, -0.2) is 27.6 Å². The second-order valence-electron chi connectivity index (χ2n) is 7.58. The number of nitrogens with one attached hydrogen (secondary N) is 1. The highest BCUT2D eigenvalue weighted by Gasteiger charge is 2.21. The van der Waals surface area contributed by atoms with E-state index in [4.69, 9.17) is 9.73 Å². The molecule has 5 aromatic rings. The van der Waals surface area contributed by atoms with Crippen LogP contribution in [-0.2, 0) is 6.54 Å². The molecule has 0 unspecified atom stereocenters. The second kappa shape index (κ2) is 8.88. The van der Waals surface area contributed by atoms with Crippen molar-refractivity contribution < 1.29 is 4.74 Å². The summed E-state index contributed by atoms with van der Waals surface area (Å²) in [6.07, 6.45) is 0. The Kier molecular flexibility index (Phi) is 5.62. The lowest BCUT2D eigenvalue weighted by atomic mass is 10.0. The topological polar surface area (TPSA) is 72.3 Å². The first-order valence-corrected chi connectivity index (χ1v) is 11.4. The molecule has 5 rings (SSSR count). The fourth-order valence-corrected chi connectivity index (χ4v) is 4.63. The number of aromatic nitrogens is 3. The normalized spacial score (nSPS) is 11.8. The molecule has 164 valence electrons. The van der Waals surface area contributed by atoms with Crippen molar-refractivity contribution in [3.63, 3.8) is 0 Å². The van der Waals surface area contributed by atoms with Gasteiger partial charge < -0.3 is 4.74 Å². The minimum atomic E-state index is -0.172. The number of aromatic amines is 1. The molecule has 3 aromatic carbocycles. The standard InChI is InChI=1S/C26H22N4O2S/c1-17(27-16-18-8-4-3-5-9-18)23-24(19-12-14-20(32-2)15-13-19)29-30(25(23)31)26-28-21-10-6-7-11-22(21)33-26/h3-15,29H,16H2,1-2H3. The summed E-state index contributed by atoms with van der Waals surface area (Å²) in [6, 6.07) is 25.5. The first kappa shape index (κ1) is 20.9. The number of aliphatic imine (C=N–C) groups is 1. The average Bonchev–Trinajstić information content (AvgIpc) is 3.44. The van der Waals surface area contributed by atoms with Crippen LogP contribution in [0, 0.1) is 0 Å². The Morgan fingerprint density at radius 1 is 1.03 bits per heavy atom. The second-order valence-corrected chi connectivity index (χ2v) is 8.59. The number of rotatable bonds is 6. The van der Waals surface area contributed by atoms with Gasteiger partial charge in [-0.15, -0.1) is 0 Å². The summed E-state index contributed by atoms with van der Waals surface area (Å²) in [6.45, 7) is 2.38. The van der Waals surface area contributed by atoms with Gasteiger partial charge in [0.05, 0.1) is 35.1 Å². The number of methoxy groups -OCH3 is 1. The molecule has 0 saturated heterocycles. The van der Waals surface area contributed by atoms with E-state index in [0.29, 0.717) is 28.6 Å². The Morgan fingerprint density at radius 3 is 2.48 bits per heavy atom. The maximum atomic E-state index is 13.6. The van der Waals surface area contributed by atoms with E-state index in [2.05, 4.69) is 10.1 Å². The lowest BCUT2D eigenvalue weighted by molar-refractivity contribution is 0.415. The van der Waals surface area contributed by atoms with E-state index < -0.39 is 0 Å². The minimum absolute atomic E-state index is 0.172. The van der Waals surface area contributed by atoms with E-state index in [9.17, 15) is 4.79 Å². The summed E-state index contributed by atoms with van der Waals surface area (Å²) < 4.78 is 7.83. The van der Waals surface area contributed by atoms with E-state index in [1.165, 1.54) is 16.0 Å². The lowest BCUT2D eigenvalue weighted by Crippen LogP contribution is -2.19. The Bertz CT molecular complexity index is 1460. The van der Waals surface area contributed by atoms with Crippen LogP contribution in [0.1, 0.15) is 18.1 Å². The molecule has 0 atom stereocenters. The molecule has 0 spiro atoms. The van der Waals surface area contributed by atoms with Gasteiger partial charge in [-0.05, 0) is 48.9 Å². The molecule has 1 N–H and O–H groups in total. The molecule has 2 heterocycles.